The number of carbonyl (C=O) groups excluding carboxylic acids is 2. The highest BCUT2D eigenvalue weighted by Gasteiger charge is 2.26. The summed E-state index contributed by atoms with van der Waals surface area (Å²) in [6, 6.07) is 3.25. The highest BCUT2D eigenvalue weighted by Crippen LogP contribution is 2.20. The van der Waals surface area contributed by atoms with Crippen LogP contribution in [0.25, 0.3) is 0 Å². The van der Waals surface area contributed by atoms with E-state index in [0.29, 0.717) is 24.2 Å². The maximum Gasteiger partial charge on any atom is 0.234 e. The van der Waals surface area contributed by atoms with Crippen molar-refractivity contribution in [1.82, 2.24) is 4.98 Å². The van der Waals surface area contributed by atoms with E-state index < -0.39 is 0 Å². The number of aliphatic hydroxyl groups excluding tert-OH is 1. The molecule has 0 atom stereocenters. The summed E-state index contributed by atoms with van der Waals surface area (Å²) < 4.78 is 0. The molecule has 0 aliphatic carbocycles. The SMILES string of the molecule is O=C1CCCCC(=O)N1c1cc(C#CCO)ccn1. The maximum atomic E-state index is 11.9. The molecular formula is C14H14N2O3. The van der Waals surface area contributed by atoms with Gasteiger partial charge in [-0.05, 0) is 25.0 Å². The second-order valence-corrected chi connectivity index (χ2v) is 4.19. The van der Waals surface area contributed by atoms with Crippen molar-refractivity contribution in [2.75, 3.05) is 11.5 Å². The first kappa shape index (κ1) is 13.2. The van der Waals surface area contributed by atoms with E-state index in [-0.39, 0.29) is 18.4 Å². The van der Waals surface area contributed by atoms with Gasteiger partial charge in [0.2, 0.25) is 11.8 Å². The van der Waals surface area contributed by atoms with E-state index in [9.17, 15) is 9.59 Å². The molecule has 0 unspecified atom stereocenters. The topological polar surface area (TPSA) is 70.5 Å². The molecule has 1 saturated heterocycles. The number of imide groups is 1. The average Bonchev–Trinajstić information content (AvgIpc) is 2.58. The normalized spacial score (nSPS) is 15.7. The lowest BCUT2D eigenvalue weighted by Gasteiger charge is -2.17. The van der Waals surface area contributed by atoms with Crippen LogP contribution in [0, 0.1) is 11.8 Å². The van der Waals surface area contributed by atoms with Crippen LogP contribution in [0.1, 0.15) is 31.2 Å². The van der Waals surface area contributed by atoms with E-state index in [0.717, 1.165) is 17.7 Å². The molecule has 1 aliphatic rings. The molecule has 0 spiro atoms. The third-order valence-corrected chi connectivity index (χ3v) is 2.82. The molecule has 1 aliphatic heterocycles. The van der Waals surface area contributed by atoms with Crippen LogP contribution in [-0.2, 0) is 9.59 Å². The maximum absolute atomic E-state index is 11.9. The Morgan fingerprint density at radius 1 is 1.26 bits per heavy atom. The Hall–Kier alpha value is -2.19. The Morgan fingerprint density at radius 2 is 1.95 bits per heavy atom. The van der Waals surface area contributed by atoms with Gasteiger partial charge in [-0.1, -0.05) is 11.8 Å². The number of nitrogens with zero attached hydrogens (tertiary/aromatic N) is 2. The van der Waals surface area contributed by atoms with Crippen molar-refractivity contribution in [3.63, 3.8) is 0 Å². The van der Waals surface area contributed by atoms with Gasteiger partial charge in [0.15, 0.2) is 0 Å². The highest BCUT2D eigenvalue weighted by atomic mass is 16.2. The van der Waals surface area contributed by atoms with Crippen molar-refractivity contribution in [2.45, 2.75) is 25.7 Å². The zero-order chi connectivity index (χ0) is 13.7. The fourth-order valence-corrected chi connectivity index (χ4v) is 1.93. The van der Waals surface area contributed by atoms with E-state index in [4.69, 9.17) is 5.11 Å². The molecule has 2 amide bonds. The fraction of sp³-hybridized carbons (Fsp3) is 0.357. The van der Waals surface area contributed by atoms with Gasteiger partial charge < -0.3 is 5.11 Å². The van der Waals surface area contributed by atoms with Crippen molar-refractivity contribution < 1.29 is 14.7 Å². The van der Waals surface area contributed by atoms with Crippen LogP contribution in [-0.4, -0.2) is 28.5 Å². The molecule has 0 aromatic carbocycles. The summed E-state index contributed by atoms with van der Waals surface area (Å²) in [6.45, 7) is -0.237. The molecule has 19 heavy (non-hydrogen) atoms. The number of pyridine rings is 1. The summed E-state index contributed by atoms with van der Waals surface area (Å²) in [5, 5.41) is 8.66. The number of hydrogen-bond donors (Lipinski definition) is 1. The fourth-order valence-electron chi connectivity index (χ4n) is 1.93. The third kappa shape index (κ3) is 3.18. The van der Waals surface area contributed by atoms with Gasteiger partial charge >= 0.3 is 0 Å². The van der Waals surface area contributed by atoms with E-state index in [1.54, 1.807) is 12.1 Å². The monoisotopic (exact) mass is 258 g/mol. The van der Waals surface area contributed by atoms with Crippen LogP contribution in [0.15, 0.2) is 18.3 Å². The minimum Gasteiger partial charge on any atom is -0.384 e. The van der Waals surface area contributed by atoms with E-state index in [2.05, 4.69) is 16.8 Å². The minimum absolute atomic E-state index is 0.220. The molecule has 0 radical (unpaired) electrons. The Morgan fingerprint density at radius 3 is 2.58 bits per heavy atom. The lowest BCUT2D eigenvalue weighted by molar-refractivity contribution is -0.125. The van der Waals surface area contributed by atoms with Crippen molar-refractivity contribution in [1.29, 1.82) is 0 Å². The van der Waals surface area contributed by atoms with Gasteiger partial charge in [0.05, 0.1) is 0 Å². The first-order valence-corrected chi connectivity index (χ1v) is 6.14. The van der Waals surface area contributed by atoms with Crippen LogP contribution < -0.4 is 4.90 Å². The van der Waals surface area contributed by atoms with E-state index in [1.165, 1.54) is 6.20 Å². The number of amides is 2. The lowest BCUT2D eigenvalue weighted by atomic mass is 10.2. The molecule has 1 fully saturated rings. The molecule has 2 heterocycles. The molecule has 0 bridgehead atoms. The largest absolute Gasteiger partial charge is 0.384 e. The first-order chi connectivity index (χ1) is 9.22. The van der Waals surface area contributed by atoms with Crippen molar-refractivity contribution in [3.8, 4) is 11.8 Å². The summed E-state index contributed by atoms with van der Waals surface area (Å²) in [5.41, 5.74) is 0.615. The van der Waals surface area contributed by atoms with Gasteiger partial charge in [0.25, 0.3) is 0 Å². The summed E-state index contributed by atoms with van der Waals surface area (Å²) >= 11 is 0. The molecule has 1 aromatic heterocycles. The van der Waals surface area contributed by atoms with E-state index >= 15 is 0 Å². The Balaban J connectivity index is 2.33. The Bertz CT molecular complexity index is 539. The Labute approximate surface area is 111 Å². The Kier molecular flexibility index (Phi) is 4.26. The smallest absolute Gasteiger partial charge is 0.234 e. The molecule has 5 nitrogen and oxygen atoms in total. The zero-order valence-electron chi connectivity index (χ0n) is 10.4. The predicted octanol–water partition coefficient (Wildman–Crippen LogP) is 0.859. The number of aliphatic hydroxyl groups is 1. The van der Waals surface area contributed by atoms with Crippen LogP contribution in [0.4, 0.5) is 5.82 Å². The first-order valence-electron chi connectivity index (χ1n) is 6.14. The van der Waals surface area contributed by atoms with Gasteiger partial charge in [-0.3, -0.25) is 9.59 Å². The number of hydrogen-bond acceptors (Lipinski definition) is 4. The van der Waals surface area contributed by atoms with Gasteiger partial charge in [0.1, 0.15) is 12.4 Å². The molecule has 2 rings (SSSR count). The molecule has 5 heteroatoms. The van der Waals surface area contributed by atoms with Crippen LogP contribution in [0.5, 0.6) is 0 Å². The molecular weight excluding hydrogens is 244 g/mol. The van der Waals surface area contributed by atoms with Crippen LogP contribution >= 0.6 is 0 Å². The number of aromatic nitrogens is 1. The summed E-state index contributed by atoms with van der Waals surface area (Å²) in [5.74, 6) is 5.12. The molecule has 1 aromatic rings. The molecule has 1 N–H and O–H groups in total. The minimum atomic E-state index is -0.237. The lowest BCUT2D eigenvalue weighted by Crippen LogP contribution is -2.35. The van der Waals surface area contributed by atoms with Crippen molar-refractivity contribution in [2.24, 2.45) is 0 Å². The van der Waals surface area contributed by atoms with Crippen LogP contribution in [0.3, 0.4) is 0 Å². The number of carbonyl (C=O) groups is 2. The number of anilines is 1. The molecule has 98 valence electrons. The predicted molar refractivity (Wildman–Crippen MR) is 69.2 cm³/mol. The second kappa shape index (κ2) is 6.12. The van der Waals surface area contributed by atoms with Gasteiger partial charge in [-0.25, -0.2) is 9.88 Å². The van der Waals surface area contributed by atoms with Crippen LogP contribution in [0.2, 0.25) is 0 Å². The summed E-state index contributed by atoms with van der Waals surface area (Å²) in [7, 11) is 0. The standard InChI is InChI=1S/C14H14N2O3/c17-9-3-4-11-7-8-15-12(10-11)16-13(18)5-1-2-6-14(16)19/h7-8,10,17H,1-2,5-6,9H2. The quantitative estimate of drug-likeness (QED) is 0.599. The van der Waals surface area contributed by atoms with Gasteiger partial charge in [-0.2, -0.15) is 0 Å². The summed E-state index contributed by atoms with van der Waals surface area (Å²) in [4.78, 5) is 29.1. The number of rotatable bonds is 1. The van der Waals surface area contributed by atoms with Crippen molar-refractivity contribution >= 4 is 17.6 Å². The van der Waals surface area contributed by atoms with Crippen molar-refractivity contribution in [3.05, 3.63) is 23.9 Å². The van der Waals surface area contributed by atoms with E-state index in [1.807, 2.05) is 0 Å². The van der Waals surface area contributed by atoms with Gasteiger partial charge in [-0.15, -0.1) is 0 Å². The van der Waals surface area contributed by atoms with Gasteiger partial charge in [0, 0.05) is 24.6 Å². The summed E-state index contributed by atoms with van der Waals surface area (Å²) in [6.07, 6.45) is 3.68. The zero-order valence-corrected chi connectivity index (χ0v) is 10.4. The third-order valence-electron chi connectivity index (χ3n) is 2.82. The average molecular weight is 258 g/mol. The second-order valence-electron chi connectivity index (χ2n) is 4.19. The molecule has 0 saturated carbocycles. The highest BCUT2D eigenvalue weighted by molar-refractivity contribution is 6.14.